The Balaban J connectivity index is 3.00. The topological polar surface area (TPSA) is 49.3 Å². The molecule has 1 amide bonds. The van der Waals surface area contributed by atoms with E-state index in [1.807, 2.05) is 13.8 Å². The van der Waals surface area contributed by atoms with Crippen molar-refractivity contribution in [1.82, 2.24) is 0 Å². The molecule has 1 aromatic carbocycles. The number of aromatic hydroxyl groups is 1. The van der Waals surface area contributed by atoms with Crippen LogP contribution in [0.5, 0.6) is 5.75 Å². The maximum atomic E-state index is 11.4. The number of hydrogen-bond acceptors (Lipinski definition) is 2. The third-order valence-electron chi connectivity index (χ3n) is 2.13. The first-order valence-corrected chi connectivity index (χ1v) is 5.10. The van der Waals surface area contributed by atoms with Crippen LogP contribution in [0.2, 0.25) is 0 Å². The molecule has 0 spiro atoms. The van der Waals surface area contributed by atoms with Crippen LogP contribution in [0.1, 0.15) is 18.1 Å². The van der Waals surface area contributed by atoms with Crippen LogP contribution < -0.4 is 5.32 Å². The number of phenolic OH excluding ortho intramolecular Hbond substituents is 1. The van der Waals surface area contributed by atoms with Crippen LogP contribution in [0.4, 0.5) is 5.69 Å². The molecule has 0 fully saturated rings. The van der Waals surface area contributed by atoms with E-state index in [-0.39, 0.29) is 11.7 Å². The third kappa shape index (κ3) is 2.86. The molecule has 0 heterocycles. The molecule has 0 aliphatic rings. The number of hydrogen-bond donors (Lipinski definition) is 2. The van der Waals surface area contributed by atoms with Gasteiger partial charge in [0.25, 0.3) is 0 Å². The van der Waals surface area contributed by atoms with Gasteiger partial charge in [-0.25, -0.2) is 0 Å². The van der Waals surface area contributed by atoms with E-state index in [9.17, 15) is 9.90 Å². The molecule has 15 heavy (non-hydrogen) atoms. The number of aryl methyl sites for hydroxylation is 2. The zero-order chi connectivity index (χ0) is 11.6. The molecule has 1 unspecified atom stereocenters. The molecule has 1 rings (SSSR count). The number of nitrogens with one attached hydrogen (secondary N) is 1. The molecule has 2 N–H and O–H groups in total. The minimum Gasteiger partial charge on any atom is -0.508 e. The summed E-state index contributed by atoms with van der Waals surface area (Å²) >= 11 is 5.65. The summed E-state index contributed by atoms with van der Waals surface area (Å²) in [7, 11) is 0. The fourth-order valence-electron chi connectivity index (χ4n) is 1.36. The van der Waals surface area contributed by atoms with Crippen molar-refractivity contribution in [3.8, 4) is 5.75 Å². The lowest BCUT2D eigenvalue weighted by molar-refractivity contribution is -0.115. The molecule has 0 aliphatic heterocycles. The van der Waals surface area contributed by atoms with Gasteiger partial charge in [0.1, 0.15) is 11.1 Å². The van der Waals surface area contributed by atoms with Crippen molar-refractivity contribution in [2.45, 2.75) is 26.1 Å². The summed E-state index contributed by atoms with van der Waals surface area (Å²) in [4.78, 5) is 11.4. The summed E-state index contributed by atoms with van der Waals surface area (Å²) in [6.07, 6.45) is 0. The quantitative estimate of drug-likeness (QED) is 0.603. The van der Waals surface area contributed by atoms with Gasteiger partial charge in [0, 0.05) is 5.69 Å². The third-order valence-corrected chi connectivity index (χ3v) is 2.33. The van der Waals surface area contributed by atoms with Gasteiger partial charge in [-0.05, 0) is 44.0 Å². The largest absolute Gasteiger partial charge is 0.508 e. The Bertz CT molecular complexity index is 365. The van der Waals surface area contributed by atoms with E-state index in [1.165, 1.54) is 0 Å². The van der Waals surface area contributed by atoms with E-state index in [0.717, 1.165) is 11.1 Å². The molecule has 1 aromatic rings. The molecule has 0 saturated heterocycles. The van der Waals surface area contributed by atoms with Crippen LogP contribution in [0, 0.1) is 13.8 Å². The summed E-state index contributed by atoms with van der Waals surface area (Å²) in [6, 6.07) is 3.20. The first-order chi connectivity index (χ1) is 6.91. The minimum absolute atomic E-state index is 0.196. The minimum atomic E-state index is -0.572. The second kappa shape index (κ2) is 4.53. The van der Waals surface area contributed by atoms with Crippen LogP contribution in [-0.2, 0) is 4.79 Å². The molecule has 0 aliphatic carbocycles. The first kappa shape index (κ1) is 11.9. The number of rotatable bonds is 2. The Morgan fingerprint density at radius 2 is 1.87 bits per heavy atom. The Morgan fingerprint density at radius 3 is 2.27 bits per heavy atom. The van der Waals surface area contributed by atoms with E-state index >= 15 is 0 Å². The van der Waals surface area contributed by atoms with Crippen molar-refractivity contribution in [3.05, 3.63) is 23.3 Å². The molecule has 0 radical (unpaired) electrons. The van der Waals surface area contributed by atoms with Gasteiger partial charge in [-0.3, -0.25) is 4.79 Å². The second-order valence-corrected chi connectivity index (χ2v) is 4.21. The first-order valence-electron chi connectivity index (χ1n) is 4.67. The highest BCUT2D eigenvalue weighted by atomic mass is 35.5. The maximum absolute atomic E-state index is 11.4. The average molecular weight is 228 g/mol. The number of phenols is 1. The molecule has 3 nitrogen and oxygen atoms in total. The van der Waals surface area contributed by atoms with Gasteiger partial charge in [-0.2, -0.15) is 0 Å². The van der Waals surface area contributed by atoms with Gasteiger partial charge in [-0.15, -0.1) is 11.6 Å². The number of carbonyl (C=O) groups is 1. The fraction of sp³-hybridized carbons (Fsp3) is 0.364. The highest BCUT2D eigenvalue weighted by Crippen LogP contribution is 2.25. The zero-order valence-corrected chi connectivity index (χ0v) is 9.72. The number of benzene rings is 1. The number of amides is 1. The van der Waals surface area contributed by atoms with Crippen LogP contribution in [0.3, 0.4) is 0 Å². The lowest BCUT2D eigenvalue weighted by Gasteiger charge is -2.12. The van der Waals surface area contributed by atoms with Gasteiger partial charge in [-0.1, -0.05) is 0 Å². The zero-order valence-electron chi connectivity index (χ0n) is 8.97. The summed E-state index contributed by atoms with van der Waals surface area (Å²) < 4.78 is 0. The number of carbonyl (C=O) groups excluding carboxylic acids is 1. The Kier molecular flexibility index (Phi) is 3.58. The number of anilines is 1. The highest BCUT2D eigenvalue weighted by molar-refractivity contribution is 6.32. The van der Waals surface area contributed by atoms with Crippen molar-refractivity contribution in [2.75, 3.05) is 5.32 Å². The smallest absolute Gasteiger partial charge is 0.242 e. The Morgan fingerprint density at radius 1 is 1.40 bits per heavy atom. The van der Waals surface area contributed by atoms with Crippen molar-refractivity contribution < 1.29 is 9.90 Å². The molecule has 1 atom stereocenters. The van der Waals surface area contributed by atoms with E-state index in [2.05, 4.69) is 5.32 Å². The summed E-state index contributed by atoms with van der Waals surface area (Å²) in [5.41, 5.74) is 2.35. The molecule has 0 aromatic heterocycles. The van der Waals surface area contributed by atoms with Gasteiger partial charge in [0.05, 0.1) is 0 Å². The lowest BCUT2D eigenvalue weighted by atomic mass is 10.1. The Hall–Kier alpha value is -1.22. The summed E-state index contributed by atoms with van der Waals surface area (Å²) in [5, 5.41) is 11.5. The Labute approximate surface area is 94.1 Å². The van der Waals surface area contributed by atoms with Crippen molar-refractivity contribution in [3.63, 3.8) is 0 Å². The number of halogens is 1. The maximum Gasteiger partial charge on any atom is 0.242 e. The van der Waals surface area contributed by atoms with Crippen LogP contribution >= 0.6 is 11.6 Å². The lowest BCUT2D eigenvalue weighted by Crippen LogP contribution is -2.21. The van der Waals surface area contributed by atoms with Gasteiger partial charge >= 0.3 is 0 Å². The van der Waals surface area contributed by atoms with E-state index in [4.69, 9.17) is 11.6 Å². The van der Waals surface area contributed by atoms with Crippen LogP contribution in [0.25, 0.3) is 0 Å². The normalized spacial score (nSPS) is 12.3. The predicted octanol–water partition coefficient (Wildman–Crippen LogP) is 2.57. The second-order valence-electron chi connectivity index (χ2n) is 3.56. The van der Waals surface area contributed by atoms with Gasteiger partial charge in [0.2, 0.25) is 5.91 Å². The summed E-state index contributed by atoms with van der Waals surface area (Å²) in [5.74, 6) is -0.0459. The van der Waals surface area contributed by atoms with Crippen LogP contribution in [-0.4, -0.2) is 16.4 Å². The van der Waals surface area contributed by atoms with Gasteiger partial charge < -0.3 is 10.4 Å². The SMILES string of the molecule is Cc1cc(O)cc(C)c1NC(=O)C(C)Cl. The monoisotopic (exact) mass is 227 g/mol. The standard InChI is InChI=1S/C11H14ClNO2/c1-6-4-9(14)5-7(2)10(6)13-11(15)8(3)12/h4-5,8,14H,1-3H3,(H,13,15). The van der Waals surface area contributed by atoms with Crippen molar-refractivity contribution in [2.24, 2.45) is 0 Å². The molecule has 0 saturated carbocycles. The van der Waals surface area contributed by atoms with Gasteiger partial charge in [0.15, 0.2) is 0 Å². The molecular weight excluding hydrogens is 214 g/mol. The van der Waals surface area contributed by atoms with E-state index in [0.29, 0.717) is 5.69 Å². The molecule has 0 bridgehead atoms. The highest BCUT2D eigenvalue weighted by Gasteiger charge is 2.12. The molecule has 82 valence electrons. The van der Waals surface area contributed by atoms with Crippen molar-refractivity contribution in [1.29, 1.82) is 0 Å². The number of alkyl halides is 1. The van der Waals surface area contributed by atoms with Crippen LogP contribution in [0.15, 0.2) is 12.1 Å². The van der Waals surface area contributed by atoms with E-state index < -0.39 is 5.38 Å². The molecule has 4 heteroatoms. The van der Waals surface area contributed by atoms with Crippen molar-refractivity contribution >= 4 is 23.2 Å². The van der Waals surface area contributed by atoms with E-state index in [1.54, 1.807) is 19.1 Å². The molecular formula is C11H14ClNO2. The summed E-state index contributed by atoms with van der Waals surface area (Å²) in [6.45, 7) is 5.25. The average Bonchev–Trinajstić information content (AvgIpc) is 2.10. The predicted molar refractivity (Wildman–Crippen MR) is 61.5 cm³/mol. The fourth-order valence-corrected chi connectivity index (χ4v) is 1.42.